The molecule has 88 valence electrons. The van der Waals surface area contributed by atoms with Crippen LogP contribution in [0.5, 0.6) is 0 Å². The minimum atomic E-state index is -0.698. The first-order chi connectivity index (χ1) is 7.08. The van der Waals surface area contributed by atoms with Crippen LogP contribution in [-0.2, 0) is 0 Å². The van der Waals surface area contributed by atoms with Crippen LogP contribution in [0.25, 0.3) is 0 Å². The molecule has 0 aliphatic carbocycles. The SMILES string of the molecule is CCC(N)(C#N)CCCSCC(O)CO. The van der Waals surface area contributed by atoms with E-state index in [1.807, 2.05) is 6.92 Å². The molecule has 0 amide bonds. The number of thioether (sulfide) groups is 1. The Morgan fingerprint density at radius 1 is 1.60 bits per heavy atom. The second-order valence-corrected chi connectivity index (χ2v) is 4.79. The molecule has 0 bridgehead atoms. The normalized spacial score (nSPS) is 16.7. The molecule has 0 fully saturated rings. The van der Waals surface area contributed by atoms with Gasteiger partial charge in [-0.25, -0.2) is 0 Å². The summed E-state index contributed by atoms with van der Waals surface area (Å²) in [4.78, 5) is 0. The highest BCUT2D eigenvalue weighted by Crippen LogP contribution is 2.15. The number of rotatable bonds is 8. The topological polar surface area (TPSA) is 90.3 Å². The fourth-order valence-electron chi connectivity index (χ4n) is 1.07. The van der Waals surface area contributed by atoms with Crippen molar-refractivity contribution in [1.82, 2.24) is 0 Å². The average Bonchev–Trinajstić information content (AvgIpc) is 2.27. The summed E-state index contributed by atoms with van der Waals surface area (Å²) in [6.45, 7) is 1.72. The van der Waals surface area contributed by atoms with Gasteiger partial charge in [0, 0.05) is 5.75 Å². The minimum absolute atomic E-state index is 0.193. The fraction of sp³-hybridized carbons (Fsp3) is 0.900. The van der Waals surface area contributed by atoms with Crippen molar-refractivity contribution < 1.29 is 10.2 Å². The van der Waals surface area contributed by atoms with Crippen LogP contribution in [0.15, 0.2) is 0 Å². The number of aliphatic hydroxyl groups is 2. The molecule has 4 nitrogen and oxygen atoms in total. The van der Waals surface area contributed by atoms with Crippen LogP contribution in [0, 0.1) is 11.3 Å². The molecule has 0 aliphatic heterocycles. The third kappa shape index (κ3) is 6.74. The van der Waals surface area contributed by atoms with Crippen LogP contribution in [0.3, 0.4) is 0 Å². The van der Waals surface area contributed by atoms with E-state index in [0.29, 0.717) is 18.6 Å². The van der Waals surface area contributed by atoms with Crippen molar-refractivity contribution in [1.29, 1.82) is 5.26 Å². The van der Waals surface area contributed by atoms with E-state index in [-0.39, 0.29) is 6.61 Å². The van der Waals surface area contributed by atoms with Gasteiger partial charge in [-0.15, -0.1) is 0 Å². The lowest BCUT2D eigenvalue weighted by atomic mass is 9.94. The van der Waals surface area contributed by atoms with E-state index in [1.165, 1.54) is 0 Å². The summed E-state index contributed by atoms with van der Waals surface area (Å²) in [7, 11) is 0. The first kappa shape index (κ1) is 14.7. The number of nitrogens with two attached hydrogens (primary N) is 1. The van der Waals surface area contributed by atoms with Crippen molar-refractivity contribution in [3.63, 3.8) is 0 Å². The summed E-state index contributed by atoms with van der Waals surface area (Å²) in [5.41, 5.74) is 5.11. The standard InChI is InChI=1S/C10H20N2O2S/c1-2-10(12,8-11)4-3-5-15-7-9(14)6-13/h9,13-14H,2-7,12H2,1H3. The third-order valence-corrected chi connectivity index (χ3v) is 3.48. The van der Waals surface area contributed by atoms with Crippen molar-refractivity contribution in [2.24, 2.45) is 5.73 Å². The zero-order valence-corrected chi connectivity index (χ0v) is 9.96. The molecular formula is C10H20N2O2S. The number of hydrogen-bond acceptors (Lipinski definition) is 5. The largest absolute Gasteiger partial charge is 0.394 e. The lowest BCUT2D eigenvalue weighted by Gasteiger charge is -2.18. The molecule has 5 heteroatoms. The van der Waals surface area contributed by atoms with Crippen molar-refractivity contribution in [2.45, 2.75) is 37.8 Å². The zero-order chi connectivity index (χ0) is 11.7. The van der Waals surface area contributed by atoms with Gasteiger partial charge in [-0.2, -0.15) is 17.0 Å². The molecule has 0 saturated carbocycles. The Morgan fingerprint density at radius 2 is 2.27 bits per heavy atom. The number of nitrogens with zero attached hydrogens (tertiary/aromatic N) is 1. The van der Waals surface area contributed by atoms with Gasteiger partial charge in [0.1, 0.15) is 5.54 Å². The van der Waals surface area contributed by atoms with Crippen molar-refractivity contribution >= 4 is 11.8 Å². The van der Waals surface area contributed by atoms with Crippen LogP contribution >= 0.6 is 11.8 Å². The van der Waals surface area contributed by atoms with Crippen molar-refractivity contribution in [2.75, 3.05) is 18.1 Å². The Kier molecular flexibility index (Phi) is 7.79. The summed E-state index contributed by atoms with van der Waals surface area (Å²) < 4.78 is 0. The van der Waals surface area contributed by atoms with Crippen molar-refractivity contribution in [3.05, 3.63) is 0 Å². The molecule has 0 aliphatic rings. The van der Waals surface area contributed by atoms with Gasteiger partial charge in [0.15, 0.2) is 0 Å². The Labute approximate surface area is 95.5 Å². The summed E-state index contributed by atoms with van der Waals surface area (Å²) >= 11 is 1.57. The summed E-state index contributed by atoms with van der Waals surface area (Å²) in [5.74, 6) is 1.39. The smallest absolute Gasteiger partial charge is 0.104 e. The highest BCUT2D eigenvalue weighted by molar-refractivity contribution is 7.99. The lowest BCUT2D eigenvalue weighted by Crippen LogP contribution is -2.37. The quantitative estimate of drug-likeness (QED) is 0.530. The van der Waals surface area contributed by atoms with E-state index < -0.39 is 11.6 Å². The molecule has 0 heterocycles. The van der Waals surface area contributed by atoms with E-state index in [9.17, 15) is 0 Å². The molecule has 0 saturated heterocycles. The van der Waals surface area contributed by atoms with Gasteiger partial charge in [0.2, 0.25) is 0 Å². The van der Waals surface area contributed by atoms with Gasteiger partial charge in [-0.05, 0) is 25.0 Å². The molecule has 4 N–H and O–H groups in total. The highest BCUT2D eigenvalue weighted by Gasteiger charge is 2.20. The lowest BCUT2D eigenvalue weighted by molar-refractivity contribution is 0.113. The Morgan fingerprint density at radius 3 is 2.73 bits per heavy atom. The molecular weight excluding hydrogens is 212 g/mol. The van der Waals surface area contributed by atoms with Crippen LogP contribution in [0.4, 0.5) is 0 Å². The van der Waals surface area contributed by atoms with E-state index in [4.69, 9.17) is 21.2 Å². The highest BCUT2D eigenvalue weighted by atomic mass is 32.2. The van der Waals surface area contributed by atoms with Crippen LogP contribution in [0.1, 0.15) is 26.2 Å². The first-order valence-corrected chi connectivity index (χ1v) is 6.30. The average molecular weight is 232 g/mol. The zero-order valence-electron chi connectivity index (χ0n) is 9.15. The minimum Gasteiger partial charge on any atom is -0.394 e. The summed E-state index contributed by atoms with van der Waals surface area (Å²) in [6.07, 6.45) is 1.57. The van der Waals surface area contributed by atoms with E-state index in [1.54, 1.807) is 11.8 Å². The molecule has 0 aromatic carbocycles. The number of aliphatic hydroxyl groups excluding tert-OH is 2. The molecule has 2 unspecified atom stereocenters. The molecule has 2 atom stereocenters. The second-order valence-electron chi connectivity index (χ2n) is 3.64. The monoisotopic (exact) mass is 232 g/mol. The Bertz CT molecular complexity index is 208. The summed E-state index contributed by atoms with van der Waals surface area (Å²) in [6, 6.07) is 2.12. The van der Waals surface area contributed by atoms with Gasteiger partial charge < -0.3 is 15.9 Å². The second kappa shape index (κ2) is 7.94. The number of hydrogen-bond donors (Lipinski definition) is 3. The molecule has 0 rings (SSSR count). The molecule has 0 spiro atoms. The van der Waals surface area contributed by atoms with E-state index in [0.717, 1.165) is 12.2 Å². The van der Waals surface area contributed by atoms with Gasteiger partial charge in [-0.3, -0.25) is 0 Å². The van der Waals surface area contributed by atoms with Crippen molar-refractivity contribution in [3.8, 4) is 6.07 Å². The molecule has 15 heavy (non-hydrogen) atoms. The summed E-state index contributed by atoms with van der Waals surface area (Å²) in [5, 5.41) is 26.4. The van der Waals surface area contributed by atoms with Crippen LogP contribution in [0.2, 0.25) is 0 Å². The van der Waals surface area contributed by atoms with E-state index >= 15 is 0 Å². The van der Waals surface area contributed by atoms with Gasteiger partial charge in [-0.1, -0.05) is 6.92 Å². The van der Waals surface area contributed by atoms with Crippen LogP contribution < -0.4 is 5.73 Å². The maximum Gasteiger partial charge on any atom is 0.104 e. The van der Waals surface area contributed by atoms with Gasteiger partial charge >= 0.3 is 0 Å². The maximum absolute atomic E-state index is 9.06. The van der Waals surface area contributed by atoms with E-state index in [2.05, 4.69) is 6.07 Å². The Hall–Kier alpha value is -0.280. The first-order valence-electron chi connectivity index (χ1n) is 5.14. The number of nitriles is 1. The van der Waals surface area contributed by atoms with Gasteiger partial charge in [0.05, 0.1) is 18.8 Å². The fourth-order valence-corrected chi connectivity index (χ4v) is 1.97. The predicted octanol–water partition coefficient (Wildman–Crippen LogP) is 0.484. The molecule has 0 aromatic heterocycles. The van der Waals surface area contributed by atoms with Crippen LogP contribution in [-0.4, -0.2) is 40.0 Å². The maximum atomic E-state index is 9.06. The Balaban J connectivity index is 3.51. The molecule has 0 aromatic rings. The predicted molar refractivity (Wildman–Crippen MR) is 62.5 cm³/mol. The third-order valence-electron chi connectivity index (χ3n) is 2.29. The van der Waals surface area contributed by atoms with Gasteiger partial charge in [0.25, 0.3) is 0 Å². The molecule has 0 radical (unpaired) electrons.